The second-order valence-electron chi connectivity index (χ2n) is 7.45. The van der Waals surface area contributed by atoms with Crippen LogP contribution < -0.4 is 10.2 Å². The van der Waals surface area contributed by atoms with E-state index in [0.29, 0.717) is 16.4 Å². The average molecular weight is 426 g/mol. The summed E-state index contributed by atoms with van der Waals surface area (Å²) in [5.41, 5.74) is 3.13. The smallest absolute Gasteiger partial charge is 0.234 e. The maximum Gasteiger partial charge on any atom is 0.234 e. The molecule has 0 atom stereocenters. The Morgan fingerprint density at radius 2 is 1.83 bits per heavy atom. The molecule has 1 saturated heterocycles. The van der Waals surface area contributed by atoms with Gasteiger partial charge in [-0.3, -0.25) is 9.36 Å². The van der Waals surface area contributed by atoms with Crippen LogP contribution in [0.25, 0.3) is 5.69 Å². The largest absolute Gasteiger partial charge is 0.341 e. The van der Waals surface area contributed by atoms with Gasteiger partial charge in [0.1, 0.15) is 5.82 Å². The van der Waals surface area contributed by atoms with E-state index >= 15 is 0 Å². The first-order valence-electron chi connectivity index (χ1n) is 9.97. The Labute approximate surface area is 179 Å². The number of nitrogens with zero attached hydrogens (tertiary/aromatic N) is 4. The van der Waals surface area contributed by atoms with Gasteiger partial charge in [-0.25, -0.2) is 4.39 Å². The van der Waals surface area contributed by atoms with E-state index in [1.54, 1.807) is 19.1 Å². The monoisotopic (exact) mass is 425 g/mol. The van der Waals surface area contributed by atoms with Gasteiger partial charge in [-0.05, 0) is 56.5 Å². The number of carbonyl (C=O) groups is 1. The molecule has 1 aliphatic rings. The number of halogens is 1. The van der Waals surface area contributed by atoms with Crippen LogP contribution in [0.5, 0.6) is 0 Å². The number of aromatic nitrogens is 3. The van der Waals surface area contributed by atoms with E-state index in [9.17, 15) is 9.18 Å². The molecule has 2 heterocycles. The summed E-state index contributed by atoms with van der Waals surface area (Å²) in [6, 6.07) is 12.9. The number of amides is 1. The van der Waals surface area contributed by atoms with Crippen LogP contribution in [0, 0.1) is 19.7 Å². The maximum atomic E-state index is 13.7. The van der Waals surface area contributed by atoms with Crippen LogP contribution in [-0.2, 0) is 4.79 Å². The van der Waals surface area contributed by atoms with E-state index in [1.807, 2.05) is 23.6 Å². The fourth-order valence-electron chi connectivity index (χ4n) is 3.40. The summed E-state index contributed by atoms with van der Waals surface area (Å²) in [5.74, 6) is 0.401. The first kappa shape index (κ1) is 20.4. The van der Waals surface area contributed by atoms with Gasteiger partial charge in [-0.15, -0.1) is 10.2 Å². The van der Waals surface area contributed by atoms with E-state index in [2.05, 4.69) is 32.5 Å². The number of anilines is 2. The number of hydrogen-bond acceptors (Lipinski definition) is 5. The van der Waals surface area contributed by atoms with Gasteiger partial charge < -0.3 is 10.2 Å². The Hall–Kier alpha value is -2.87. The Balaban J connectivity index is 1.52. The second-order valence-corrected chi connectivity index (χ2v) is 8.39. The van der Waals surface area contributed by atoms with Crippen molar-refractivity contribution in [3.63, 3.8) is 0 Å². The van der Waals surface area contributed by atoms with E-state index in [1.165, 1.54) is 23.4 Å². The van der Waals surface area contributed by atoms with Crippen molar-refractivity contribution in [2.24, 2.45) is 0 Å². The molecule has 1 aromatic heterocycles. The van der Waals surface area contributed by atoms with Gasteiger partial charge in [0, 0.05) is 18.8 Å². The van der Waals surface area contributed by atoms with Crippen molar-refractivity contribution >= 4 is 29.3 Å². The molecule has 2 aromatic carbocycles. The minimum Gasteiger partial charge on any atom is -0.341 e. The third-order valence-corrected chi connectivity index (χ3v) is 6.01. The summed E-state index contributed by atoms with van der Waals surface area (Å²) in [5, 5.41) is 12.2. The number of hydrogen-bond donors (Lipinski definition) is 1. The van der Waals surface area contributed by atoms with E-state index in [4.69, 9.17) is 0 Å². The lowest BCUT2D eigenvalue weighted by atomic mass is 10.2. The number of aryl methyl sites for hydroxylation is 2. The maximum absolute atomic E-state index is 13.7. The minimum absolute atomic E-state index is 0.152. The van der Waals surface area contributed by atoms with Crippen molar-refractivity contribution in [3.05, 3.63) is 59.4 Å². The molecule has 0 saturated carbocycles. The Bertz CT molecular complexity index is 1040. The van der Waals surface area contributed by atoms with Crippen LogP contribution >= 0.6 is 11.8 Å². The SMILES string of the molecule is Cc1ccc(-n2c(SCC(=O)Nc3ccc(C)c(F)c3)nnc2N2CCCC2)cc1. The normalized spacial score (nSPS) is 13.6. The van der Waals surface area contributed by atoms with Crippen molar-refractivity contribution in [1.29, 1.82) is 0 Å². The zero-order chi connectivity index (χ0) is 21.1. The zero-order valence-electron chi connectivity index (χ0n) is 17.1. The van der Waals surface area contributed by atoms with Crippen molar-refractivity contribution in [2.45, 2.75) is 31.8 Å². The molecule has 1 fully saturated rings. The molecule has 1 aliphatic heterocycles. The van der Waals surface area contributed by atoms with Crippen molar-refractivity contribution in [2.75, 3.05) is 29.1 Å². The standard InChI is InChI=1S/C22H24FN5OS/c1-15-5-9-18(10-6-15)28-21(27-11-3-4-12-27)25-26-22(28)30-14-20(29)24-17-8-7-16(2)19(23)13-17/h5-10,13H,3-4,11-12,14H2,1-2H3,(H,24,29). The Kier molecular flexibility index (Phi) is 6.03. The summed E-state index contributed by atoms with van der Waals surface area (Å²) in [7, 11) is 0. The molecule has 6 nitrogen and oxygen atoms in total. The van der Waals surface area contributed by atoms with Crippen molar-refractivity contribution < 1.29 is 9.18 Å². The number of benzene rings is 2. The second kappa shape index (κ2) is 8.87. The van der Waals surface area contributed by atoms with E-state index < -0.39 is 0 Å². The fourth-order valence-corrected chi connectivity index (χ4v) is 4.14. The van der Waals surface area contributed by atoms with Gasteiger partial charge >= 0.3 is 0 Å². The van der Waals surface area contributed by atoms with E-state index in [-0.39, 0.29) is 17.5 Å². The summed E-state index contributed by atoms with van der Waals surface area (Å²) in [6.07, 6.45) is 2.28. The van der Waals surface area contributed by atoms with Gasteiger partial charge in [-0.2, -0.15) is 0 Å². The summed E-state index contributed by atoms with van der Waals surface area (Å²) in [4.78, 5) is 14.6. The minimum atomic E-state index is -0.338. The quantitative estimate of drug-likeness (QED) is 0.595. The van der Waals surface area contributed by atoms with Crippen LogP contribution in [0.1, 0.15) is 24.0 Å². The van der Waals surface area contributed by atoms with Crippen LogP contribution in [0.15, 0.2) is 47.6 Å². The van der Waals surface area contributed by atoms with Crippen LogP contribution in [0.4, 0.5) is 16.0 Å². The highest BCUT2D eigenvalue weighted by Crippen LogP contribution is 2.29. The van der Waals surface area contributed by atoms with E-state index in [0.717, 1.165) is 37.6 Å². The summed E-state index contributed by atoms with van der Waals surface area (Å²) in [6.45, 7) is 5.64. The molecule has 3 aromatic rings. The highest BCUT2D eigenvalue weighted by molar-refractivity contribution is 7.99. The van der Waals surface area contributed by atoms with Crippen molar-refractivity contribution in [3.8, 4) is 5.69 Å². The number of thioether (sulfide) groups is 1. The highest BCUT2D eigenvalue weighted by atomic mass is 32.2. The van der Waals surface area contributed by atoms with Crippen LogP contribution in [0.2, 0.25) is 0 Å². The Morgan fingerprint density at radius 3 is 2.53 bits per heavy atom. The van der Waals surface area contributed by atoms with Gasteiger partial charge in [0.15, 0.2) is 5.16 Å². The molecule has 1 N–H and O–H groups in total. The first-order chi connectivity index (χ1) is 14.5. The lowest BCUT2D eigenvalue weighted by Crippen LogP contribution is -2.22. The Morgan fingerprint density at radius 1 is 1.10 bits per heavy atom. The number of rotatable bonds is 6. The average Bonchev–Trinajstić information content (AvgIpc) is 3.39. The lowest BCUT2D eigenvalue weighted by Gasteiger charge is -2.18. The first-order valence-corrected chi connectivity index (χ1v) is 11.0. The van der Waals surface area contributed by atoms with Gasteiger partial charge in [0.25, 0.3) is 0 Å². The third kappa shape index (κ3) is 4.48. The molecular formula is C22H24FN5OS. The molecule has 8 heteroatoms. The number of carbonyl (C=O) groups excluding carboxylic acids is 1. The van der Waals surface area contributed by atoms with Crippen LogP contribution in [0.3, 0.4) is 0 Å². The molecule has 4 rings (SSSR count). The highest BCUT2D eigenvalue weighted by Gasteiger charge is 2.23. The molecular weight excluding hydrogens is 401 g/mol. The molecule has 156 valence electrons. The van der Waals surface area contributed by atoms with Crippen LogP contribution in [-0.4, -0.2) is 39.5 Å². The molecule has 0 spiro atoms. The predicted molar refractivity (Wildman–Crippen MR) is 118 cm³/mol. The fraction of sp³-hybridized carbons (Fsp3) is 0.318. The third-order valence-electron chi connectivity index (χ3n) is 5.09. The molecule has 0 aliphatic carbocycles. The molecule has 1 amide bonds. The zero-order valence-corrected chi connectivity index (χ0v) is 17.9. The molecule has 30 heavy (non-hydrogen) atoms. The molecule has 0 bridgehead atoms. The van der Waals surface area contributed by atoms with Gasteiger partial charge in [-0.1, -0.05) is 35.5 Å². The van der Waals surface area contributed by atoms with Gasteiger partial charge in [0.05, 0.1) is 11.4 Å². The predicted octanol–water partition coefficient (Wildman–Crippen LogP) is 4.35. The summed E-state index contributed by atoms with van der Waals surface area (Å²) < 4.78 is 15.7. The molecule has 0 radical (unpaired) electrons. The molecule has 0 unspecified atom stereocenters. The topological polar surface area (TPSA) is 63.1 Å². The summed E-state index contributed by atoms with van der Waals surface area (Å²) >= 11 is 1.32. The van der Waals surface area contributed by atoms with Crippen molar-refractivity contribution in [1.82, 2.24) is 14.8 Å². The number of nitrogens with one attached hydrogen (secondary N) is 1. The lowest BCUT2D eigenvalue weighted by molar-refractivity contribution is -0.113. The van der Waals surface area contributed by atoms with Gasteiger partial charge in [0.2, 0.25) is 11.9 Å².